The molecule has 0 bridgehead atoms. The van der Waals surface area contributed by atoms with Crippen LogP contribution >= 0.6 is 27.5 Å². The summed E-state index contributed by atoms with van der Waals surface area (Å²) in [4.78, 5) is 7.83. The Balaban J connectivity index is 2.43. The molecule has 0 fully saturated rings. The van der Waals surface area contributed by atoms with Crippen molar-refractivity contribution in [2.24, 2.45) is 0 Å². The SMILES string of the molecule is Cc1cc(C)nc(NS(=O)(=O)c2cc(Br)cnc2Cl)c1. The van der Waals surface area contributed by atoms with E-state index in [9.17, 15) is 8.42 Å². The number of sulfonamides is 1. The first-order chi connectivity index (χ1) is 9.28. The van der Waals surface area contributed by atoms with E-state index in [-0.39, 0.29) is 15.9 Å². The van der Waals surface area contributed by atoms with Gasteiger partial charge in [0.05, 0.1) is 0 Å². The highest BCUT2D eigenvalue weighted by Gasteiger charge is 2.20. The molecule has 2 rings (SSSR count). The Morgan fingerprint density at radius 1 is 1.25 bits per heavy atom. The van der Waals surface area contributed by atoms with Crippen molar-refractivity contribution < 1.29 is 8.42 Å². The predicted octanol–water partition coefficient (Wildman–Crippen LogP) is 3.31. The molecule has 0 aliphatic carbocycles. The van der Waals surface area contributed by atoms with E-state index >= 15 is 0 Å². The molecule has 8 heteroatoms. The van der Waals surface area contributed by atoms with Crippen molar-refractivity contribution in [3.8, 4) is 0 Å². The van der Waals surface area contributed by atoms with Gasteiger partial charge in [-0.1, -0.05) is 11.6 Å². The van der Waals surface area contributed by atoms with Crippen LogP contribution in [0.3, 0.4) is 0 Å². The van der Waals surface area contributed by atoms with Crippen LogP contribution in [0.2, 0.25) is 5.15 Å². The first-order valence-corrected chi connectivity index (χ1v) is 8.22. The van der Waals surface area contributed by atoms with E-state index < -0.39 is 10.0 Å². The highest BCUT2D eigenvalue weighted by atomic mass is 79.9. The van der Waals surface area contributed by atoms with Crippen molar-refractivity contribution in [3.63, 3.8) is 0 Å². The number of aromatic nitrogens is 2. The summed E-state index contributed by atoms with van der Waals surface area (Å²) in [6.07, 6.45) is 1.43. The monoisotopic (exact) mass is 375 g/mol. The van der Waals surface area contributed by atoms with Crippen molar-refractivity contribution in [3.05, 3.63) is 45.3 Å². The van der Waals surface area contributed by atoms with E-state index in [1.165, 1.54) is 12.3 Å². The number of nitrogens with one attached hydrogen (secondary N) is 1. The molecule has 0 unspecified atom stereocenters. The van der Waals surface area contributed by atoms with Gasteiger partial charge in [0.25, 0.3) is 10.0 Å². The third-order valence-electron chi connectivity index (χ3n) is 2.40. The van der Waals surface area contributed by atoms with Gasteiger partial charge in [-0.05, 0) is 53.5 Å². The minimum atomic E-state index is -3.84. The fourth-order valence-electron chi connectivity index (χ4n) is 1.68. The molecule has 1 N–H and O–H groups in total. The quantitative estimate of drug-likeness (QED) is 0.834. The van der Waals surface area contributed by atoms with Crippen LogP contribution in [0.15, 0.2) is 33.8 Å². The number of rotatable bonds is 3. The molecular weight excluding hydrogens is 366 g/mol. The van der Waals surface area contributed by atoms with Crippen molar-refractivity contribution in [1.29, 1.82) is 0 Å². The average molecular weight is 377 g/mol. The Bertz CT molecular complexity index is 745. The zero-order valence-electron chi connectivity index (χ0n) is 10.7. The summed E-state index contributed by atoms with van der Waals surface area (Å²) in [7, 11) is -3.84. The molecule has 5 nitrogen and oxygen atoms in total. The Morgan fingerprint density at radius 2 is 1.95 bits per heavy atom. The molecule has 0 atom stereocenters. The molecule has 0 saturated heterocycles. The van der Waals surface area contributed by atoms with E-state index in [4.69, 9.17) is 11.6 Å². The van der Waals surface area contributed by atoms with E-state index in [1.807, 2.05) is 13.0 Å². The van der Waals surface area contributed by atoms with Crippen molar-refractivity contribution in [2.75, 3.05) is 4.72 Å². The minimum Gasteiger partial charge on any atom is -0.263 e. The Labute approximate surface area is 130 Å². The summed E-state index contributed by atoms with van der Waals surface area (Å²) in [5.74, 6) is 0.249. The smallest absolute Gasteiger partial charge is 0.263 e. The lowest BCUT2D eigenvalue weighted by molar-refractivity contribution is 0.600. The van der Waals surface area contributed by atoms with Gasteiger partial charge in [-0.15, -0.1) is 0 Å². The number of nitrogens with zero attached hydrogens (tertiary/aromatic N) is 2. The van der Waals surface area contributed by atoms with Gasteiger partial charge in [0.1, 0.15) is 15.9 Å². The van der Waals surface area contributed by atoms with Crippen molar-refractivity contribution in [2.45, 2.75) is 18.7 Å². The molecule has 2 heterocycles. The highest BCUT2D eigenvalue weighted by molar-refractivity contribution is 9.10. The van der Waals surface area contributed by atoms with Crippen LogP contribution in [-0.4, -0.2) is 18.4 Å². The summed E-state index contributed by atoms with van der Waals surface area (Å²) in [6, 6.07) is 4.88. The second kappa shape index (κ2) is 5.67. The molecule has 106 valence electrons. The highest BCUT2D eigenvalue weighted by Crippen LogP contribution is 2.24. The number of hydrogen-bond acceptors (Lipinski definition) is 4. The van der Waals surface area contributed by atoms with Crippen LogP contribution in [0.5, 0.6) is 0 Å². The van der Waals surface area contributed by atoms with Gasteiger partial charge in [-0.3, -0.25) is 4.72 Å². The summed E-state index contributed by atoms with van der Waals surface area (Å²) < 4.78 is 27.5. The van der Waals surface area contributed by atoms with Gasteiger partial charge < -0.3 is 0 Å². The maximum absolute atomic E-state index is 12.3. The molecule has 2 aromatic heterocycles. The fourth-order valence-corrected chi connectivity index (χ4v) is 3.62. The van der Waals surface area contributed by atoms with Crippen LogP contribution in [0.25, 0.3) is 0 Å². The predicted molar refractivity (Wildman–Crippen MR) is 81.5 cm³/mol. The maximum Gasteiger partial charge on any atom is 0.266 e. The number of hydrogen-bond donors (Lipinski definition) is 1. The van der Waals surface area contributed by atoms with E-state index in [0.29, 0.717) is 4.47 Å². The lowest BCUT2D eigenvalue weighted by atomic mass is 10.2. The molecular formula is C12H11BrClN3O2S. The van der Waals surface area contributed by atoms with Crippen molar-refractivity contribution in [1.82, 2.24) is 9.97 Å². The summed E-state index contributed by atoms with van der Waals surface area (Å²) >= 11 is 9.01. The van der Waals surface area contributed by atoms with E-state index in [2.05, 4.69) is 30.6 Å². The number of aryl methyl sites for hydroxylation is 2. The zero-order chi connectivity index (χ0) is 14.9. The number of halogens is 2. The average Bonchev–Trinajstić information content (AvgIpc) is 2.30. The third-order valence-corrected chi connectivity index (χ3v) is 4.61. The molecule has 20 heavy (non-hydrogen) atoms. The Kier molecular flexibility index (Phi) is 4.31. The van der Waals surface area contributed by atoms with Crippen LogP contribution < -0.4 is 4.72 Å². The Hall–Kier alpha value is -1.18. The van der Waals surface area contributed by atoms with E-state index in [1.54, 1.807) is 13.0 Å². The molecule has 0 aliphatic rings. The van der Waals surface area contributed by atoms with Crippen LogP contribution in [0.1, 0.15) is 11.3 Å². The summed E-state index contributed by atoms with van der Waals surface area (Å²) in [5, 5.41) is -0.0925. The van der Waals surface area contributed by atoms with Crippen molar-refractivity contribution >= 4 is 43.4 Å². The molecule has 2 aromatic rings. The largest absolute Gasteiger partial charge is 0.266 e. The van der Waals surface area contributed by atoms with Gasteiger partial charge in [-0.2, -0.15) is 0 Å². The van der Waals surface area contributed by atoms with Gasteiger partial charge in [0, 0.05) is 16.4 Å². The maximum atomic E-state index is 12.3. The van der Waals surface area contributed by atoms with E-state index in [0.717, 1.165) is 11.3 Å². The standard InChI is InChI=1S/C12H11BrClN3O2S/c1-7-3-8(2)16-11(4-7)17-20(18,19)10-5-9(13)6-15-12(10)14/h3-6H,1-2H3,(H,16,17). The lowest BCUT2D eigenvalue weighted by Gasteiger charge is -2.10. The van der Waals surface area contributed by atoms with Gasteiger partial charge in [0.15, 0.2) is 0 Å². The topological polar surface area (TPSA) is 72.0 Å². The summed E-state index contributed by atoms with van der Waals surface area (Å²) in [6.45, 7) is 3.65. The Morgan fingerprint density at radius 3 is 2.60 bits per heavy atom. The fraction of sp³-hybridized carbons (Fsp3) is 0.167. The first-order valence-electron chi connectivity index (χ1n) is 5.57. The van der Waals surface area contributed by atoms with Gasteiger partial charge in [-0.25, -0.2) is 18.4 Å². The molecule has 0 aliphatic heterocycles. The molecule has 0 amide bonds. The van der Waals surface area contributed by atoms with Crippen LogP contribution in [0.4, 0.5) is 5.82 Å². The zero-order valence-corrected chi connectivity index (χ0v) is 13.8. The summed E-state index contributed by atoms with van der Waals surface area (Å²) in [5.41, 5.74) is 1.63. The normalized spacial score (nSPS) is 11.4. The third kappa shape index (κ3) is 3.47. The second-order valence-corrected chi connectivity index (χ2v) is 7.14. The second-order valence-electron chi connectivity index (χ2n) is 4.22. The molecule has 0 radical (unpaired) electrons. The molecule has 0 aromatic carbocycles. The van der Waals surface area contributed by atoms with Gasteiger partial charge in [0.2, 0.25) is 0 Å². The van der Waals surface area contributed by atoms with Crippen LogP contribution in [-0.2, 0) is 10.0 Å². The lowest BCUT2D eigenvalue weighted by Crippen LogP contribution is -2.15. The number of pyridine rings is 2. The first kappa shape index (κ1) is 15.2. The minimum absolute atomic E-state index is 0.0925. The number of anilines is 1. The van der Waals surface area contributed by atoms with Crippen LogP contribution in [0, 0.1) is 13.8 Å². The molecule has 0 saturated carbocycles. The molecule has 0 spiro atoms. The van der Waals surface area contributed by atoms with Gasteiger partial charge >= 0.3 is 0 Å².